The fourth-order valence-corrected chi connectivity index (χ4v) is 4.57. The van der Waals surface area contributed by atoms with Crippen LogP contribution in [0.5, 0.6) is 5.75 Å². The van der Waals surface area contributed by atoms with E-state index in [0.29, 0.717) is 4.90 Å². The molecular weight excluding hydrogens is 531 g/mol. The fourth-order valence-electron chi connectivity index (χ4n) is 4.57. The van der Waals surface area contributed by atoms with Gasteiger partial charge in [-0.25, -0.2) is 13.6 Å². The molecule has 1 unspecified atom stereocenters. The van der Waals surface area contributed by atoms with E-state index in [1.807, 2.05) is 0 Å². The predicted molar refractivity (Wildman–Crippen MR) is 127 cm³/mol. The summed E-state index contributed by atoms with van der Waals surface area (Å²) in [4.78, 5) is 38.4. The van der Waals surface area contributed by atoms with Crippen LogP contribution in [0.2, 0.25) is 0 Å². The fraction of sp³-hybridized carbons (Fsp3) is 0.423. The smallest absolute Gasteiger partial charge is 0.416 e. The Hall–Kier alpha value is -3.74. The van der Waals surface area contributed by atoms with Crippen LogP contribution in [0, 0.1) is 12.3 Å². The summed E-state index contributed by atoms with van der Waals surface area (Å²) < 4.78 is 69.1. The number of hydrogen-bond donors (Lipinski definition) is 4. The topological polar surface area (TPSA) is 127 Å². The Morgan fingerprint density at radius 3 is 2.33 bits per heavy atom. The molecule has 3 rings (SSSR count). The largest absolute Gasteiger partial charge is 0.508 e. The molecule has 8 nitrogen and oxygen atoms in total. The monoisotopic (exact) mass is 558 g/mol. The molecule has 4 N–H and O–H groups in total. The van der Waals surface area contributed by atoms with Crippen molar-refractivity contribution < 1.29 is 51.7 Å². The van der Waals surface area contributed by atoms with Crippen molar-refractivity contribution in [1.82, 2.24) is 10.2 Å². The number of aliphatic hydroxyl groups excluding tert-OH is 1. The number of hydrogen-bond acceptors (Lipinski definition) is 5. The average molecular weight is 559 g/mol. The second-order valence-corrected chi connectivity index (χ2v) is 10.0. The van der Waals surface area contributed by atoms with Crippen molar-refractivity contribution in [1.29, 1.82) is 0 Å². The maximum Gasteiger partial charge on any atom is 0.416 e. The number of likely N-dealkylation sites (tertiary alicyclic amines) is 1. The molecule has 0 aromatic heterocycles. The molecular formula is C26H27F5N2O6. The first kappa shape index (κ1) is 29.8. The van der Waals surface area contributed by atoms with Crippen molar-refractivity contribution >= 4 is 17.8 Å². The highest BCUT2D eigenvalue weighted by atomic mass is 19.4. The Morgan fingerprint density at radius 1 is 1.13 bits per heavy atom. The lowest BCUT2D eigenvalue weighted by atomic mass is 9.81. The molecule has 1 fully saturated rings. The van der Waals surface area contributed by atoms with E-state index < -0.39 is 72.0 Å². The summed E-state index contributed by atoms with van der Waals surface area (Å²) >= 11 is 0. The van der Waals surface area contributed by atoms with Crippen molar-refractivity contribution in [2.75, 3.05) is 6.54 Å². The van der Waals surface area contributed by atoms with Crippen molar-refractivity contribution in [3.63, 3.8) is 0 Å². The molecule has 0 aliphatic carbocycles. The van der Waals surface area contributed by atoms with E-state index in [9.17, 15) is 51.7 Å². The third kappa shape index (κ3) is 5.82. The van der Waals surface area contributed by atoms with Gasteiger partial charge in [0.2, 0.25) is 0 Å². The highest BCUT2D eigenvalue weighted by molar-refractivity contribution is 5.97. The highest BCUT2D eigenvalue weighted by Gasteiger charge is 2.65. The van der Waals surface area contributed by atoms with Crippen molar-refractivity contribution in [2.45, 2.75) is 57.5 Å². The summed E-state index contributed by atoms with van der Waals surface area (Å²) in [5, 5.41) is 32.8. The number of carboxylic acids is 1. The highest BCUT2D eigenvalue weighted by Crippen LogP contribution is 2.48. The quantitative estimate of drug-likeness (QED) is 0.386. The second-order valence-electron chi connectivity index (χ2n) is 10.0. The minimum Gasteiger partial charge on any atom is -0.508 e. The standard InChI is InChI=1S/C26H27F5N2O6/c1-13-16(8-5-9-18(13)34)21(36)32-17(11-14-6-4-7-15(10-14)26(29,30)31)19(35)22(37)33-12-25(27,28)24(2,3)20(33)23(38)39/h4-10,17,19-20,34-35H,11-12H2,1-3H3,(H,32,36)(H,38,39)/t17-,19-,20?/m0/s1. The molecule has 1 heterocycles. The number of alkyl halides is 5. The molecule has 3 atom stereocenters. The summed E-state index contributed by atoms with van der Waals surface area (Å²) in [7, 11) is 0. The molecule has 2 aromatic carbocycles. The number of carbonyl (C=O) groups is 3. The van der Waals surface area contributed by atoms with E-state index in [1.165, 1.54) is 31.2 Å². The molecule has 13 heteroatoms. The maximum absolute atomic E-state index is 14.7. The van der Waals surface area contributed by atoms with Crippen molar-refractivity contribution in [2.24, 2.45) is 5.41 Å². The number of halogens is 5. The molecule has 212 valence electrons. The third-order valence-corrected chi connectivity index (χ3v) is 7.03. The zero-order valence-electron chi connectivity index (χ0n) is 21.1. The molecule has 1 aliphatic rings. The zero-order chi connectivity index (χ0) is 29.5. The minimum absolute atomic E-state index is 0.0588. The van der Waals surface area contributed by atoms with Gasteiger partial charge in [-0.1, -0.05) is 38.1 Å². The number of phenols is 1. The summed E-state index contributed by atoms with van der Waals surface area (Å²) in [6, 6.07) is 4.11. The SMILES string of the molecule is Cc1c(O)cccc1C(=O)N[C@@H](Cc1cccc(C(F)(F)F)c1)[C@H](O)C(=O)N1CC(F)(F)C(C)(C)C1C(=O)O. The number of phenolic OH excluding ortho intramolecular Hbond substituents is 1. The normalized spacial score (nSPS) is 19.8. The molecule has 39 heavy (non-hydrogen) atoms. The van der Waals surface area contributed by atoms with Crippen LogP contribution in [0.1, 0.15) is 40.9 Å². The van der Waals surface area contributed by atoms with Gasteiger partial charge in [-0.3, -0.25) is 9.59 Å². The zero-order valence-corrected chi connectivity index (χ0v) is 21.1. The van der Waals surface area contributed by atoms with Crippen LogP contribution in [0.15, 0.2) is 42.5 Å². The van der Waals surface area contributed by atoms with Gasteiger partial charge in [0.05, 0.1) is 23.6 Å². The third-order valence-electron chi connectivity index (χ3n) is 7.03. The Morgan fingerprint density at radius 2 is 1.74 bits per heavy atom. The summed E-state index contributed by atoms with van der Waals surface area (Å²) in [6.07, 6.45) is -7.58. The number of carbonyl (C=O) groups excluding carboxylic acids is 2. The lowest BCUT2D eigenvalue weighted by Crippen LogP contribution is -2.56. The summed E-state index contributed by atoms with van der Waals surface area (Å²) in [5.74, 6) is -8.01. The number of aliphatic hydroxyl groups is 1. The van der Waals surface area contributed by atoms with Gasteiger partial charge in [0.25, 0.3) is 17.7 Å². The number of carboxylic acid groups (broad SMARTS) is 1. The van der Waals surface area contributed by atoms with E-state index >= 15 is 0 Å². The Balaban J connectivity index is 2.00. The Labute approximate surface area is 220 Å². The van der Waals surface area contributed by atoms with Crippen LogP contribution in [0.3, 0.4) is 0 Å². The van der Waals surface area contributed by atoms with E-state index in [2.05, 4.69) is 5.32 Å². The number of benzene rings is 2. The van der Waals surface area contributed by atoms with Crippen LogP contribution in [-0.4, -0.2) is 68.7 Å². The number of nitrogens with zero attached hydrogens (tertiary/aromatic N) is 1. The number of aliphatic carboxylic acids is 1. The van der Waals surface area contributed by atoms with Gasteiger partial charge in [0, 0.05) is 11.1 Å². The van der Waals surface area contributed by atoms with Gasteiger partial charge in [-0.05, 0) is 37.1 Å². The van der Waals surface area contributed by atoms with Crippen molar-refractivity contribution in [3.8, 4) is 5.75 Å². The second kappa shape index (κ2) is 10.4. The van der Waals surface area contributed by atoms with Gasteiger partial charge in [0.15, 0.2) is 6.10 Å². The molecule has 1 aliphatic heterocycles. The number of aromatic hydroxyl groups is 1. The maximum atomic E-state index is 14.7. The van der Waals surface area contributed by atoms with E-state index in [-0.39, 0.29) is 22.4 Å². The number of amides is 2. The molecule has 0 spiro atoms. The van der Waals surface area contributed by atoms with Crippen molar-refractivity contribution in [3.05, 3.63) is 64.7 Å². The van der Waals surface area contributed by atoms with Gasteiger partial charge in [0.1, 0.15) is 11.8 Å². The minimum atomic E-state index is -4.72. The van der Waals surface area contributed by atoms with E-state index in [0.717, 1.165) is 32.0 Å². The van der Waals surface area contributed by atoms with Gasteiger partial charge in [-0.15, -0.1) is 0 Å². The van der Waals surface area contributed by atoms with Crippen LogP contribution in [-0.2, 0) is 22.2 Å². The molecule has 0 saturated carbocycles. The number of nitrogens with one attached hydrogen (secondary N) is 1. The van der Waals surface area contributed by atoms with Crippen LogP contribution >= 0.6 is 0 Å². The van der Waals surface area contributed by atoms with E-state index in [4.69, 9.17) is 0 Å². The Bertz CT molecular complexity index is 1280. The van der Waals surface area contributed by atoms with Crippen LogP contribution in [0.25, 0.3) is 0 Å². The molecule has 0 radical (unpaired) electrons. The van der Waals surface area contributed by atoms with Gasteiger partial charge >= 0.3 is 12.1 Å². The lowest BCUT2D eigenvalue weighted by molar-refractivity contribution is -0.156. The van der Waals surface area contributed by atoms with Gasteiger partial charge in [-0.2, -0.15) is 13.2 Å². The molecule has 2 aromatic rings. The average Bonchev–Trinajstić information content (AvgIpc) is 3.02. The van der Waals surface area contributed by atoms with Crippen LogP contribution in [0.4, 0.5) is 22.0 Å². The molecule has 0 bridgehead atoms. The Kier molecular flexibility index (Phi) is 7.98. The van der Waals surface area contributed by atoms with Gasteiger partial charge < -0.3 is 25.5 Å². The first-order valence-electron chi connectivity index (χ1n) is 11.7. The summed E-state index contributed by atoms with van der Waals surface area (Å²) in [5.41, 5.74) is -3.27. The first-order valence-corrected chi connectivity index (χ1v) is 11.7. The molecule has 1 saturated heterocycles. The predicted octanol–water partition coefficient (Wildman–Crippen LogP) is 3.38. The summed E-state index contributed by atoms with van der Waals surface area (Å²) in [6.45, 7) is 1.98. The van der Waals surface area contributed by atoms with Crippen LogP contribution < -0.4 is 5.32 Å². The lowest BCUT2D eigenvalue weighted by Gasteiger charge is -2.32. The molecule has 2 amide bonds. The number of rotatable bonds is 7. The van der Waals surface area contributed by atoms with E-state index in [1.54, 1.807) is 0 Å². The first-order chi connectivity index (χ1) is 17.9.